The number of imidazole rings is 1. The van der Waals surface area contributed by atoms with Crippen LogP contribution in [-0.2, 0) is 33.4 Å². The molecular formula is C31H33N3O4S. The number of hydrogen-bond donors (Lipinski definition) is 0. The Hall–Kier alpha value is -3.75. The van der Waals surface area contributed by atoms with Crippen LogP contribution in [0.5, 0.6) is 0 Å². The highest BCUT2D eigenvalue weighted by Gasteiger charge is 2.28. The second-order valence-corrected chi connectivity index (χ2v) is 11.9. The number of nitrogens with zero attached hydrogens (tertiary/aromatic N) is 3. The first-order chi connectivity index (χ1) is 18.9. The van der Waals surface area contributed by atoms with Gasteiger partial charge in [0.05, 0.1) is 36.8 Å². The average Bonchev–Trinajstić information content (AvgIpc) is 3.61. The fourth-order valence-electron chi connectivity index (χ4n) is 4.96. The van der Waals surface area contributed by atoms with Crippen LogP contribution in [0, 0.1) is 6.92 Å². The predicted octanol–water partition coefficient (Wildman–Crippen LogP) is 5.04. The number of sulfone groups is 1. The number of rotatable bonds is 10. The largest absolute Gasteiger partial charge is 0.376 e. The maximum absolute atomic E-state index is 13.7. The highest BCUT2D eigenvalue weighted by Crippen LogP contribution is 2.23. The van der Waals surface area contributed by atoms with E-state index in [2.05, 4.69) is 4.98 Å². The van der Waals surface area contributed by atoms with Gasteiger partial charge in [-0.2, -0.15) is 0 Å². The molecular weight excluding hydrogens is 510 g/mol. The molecule has 3 aromatic carbocycles. The van der Waals surface area contributed by atoms with Crippen molar-refractivity contribution >= 4 is 15.7 Å². The molecule has 2 heterocycles. The number of carbonyl (C=O) groups excluding carboxylic acids is 1. The average molecular weight is 544 g/mol. The lowest BCUT2D eigenvalue weighted by molar-refractivity contribution is 0.0501. The summed E-state index contributed by atoms with van der Waals surface area (Å²) in [6.45, 7) is 3.56. The van der Waals surface area contributed by atoms with Gasteiger partial charge < -0.3 is 14.2 Å². The Morgan fingerprint density at radius 1 is 1.00 bits per heavy atom. The smallest absolute Gasteiger partial charge is 0.254 e. The highest BCUT2D eigenvalue weighted by atomic mass is 32.2. The lowest BCUT2D eigenvalue weighted by Gasteiger charge is -2.26. The molecule has 1 aromatic heterocycles. The van der Waals surface area contributed by atoms with E-state index < -0.39 is 9.84 Å². The van der Waals surface area contributed by atoms with Gasteiger partial charge in [0.1, 0.15) is 0 Å². The van der Waals surface area contributed by atoms with Crippen LogP contribution in [0.2, 0.25) is 0 Å². The Morgan fingerprint density at radius 3 is 2.38 bits per heavy atom. The van der Waals surface area contributed by atoms with Gasteiger partial charge >= 0.3 is 0 Å². The van der Waals surface area contributed by atoms with E-state index in [4.69, 9.17) is 4.74 Å². The van der Waals surface area contributed by atoms with Crippen molar-refractivity contribution in [3.63, 3.8) is 0 Å². The summed E-state index contributed by atoms with van der Waals surface area (Å²) in [6, 6.07) is 26.3. The summed E-state index contributed by atoms with van der Waals surface area (Å²) in [5, 5.41) is 0.00818. The normalized spacial score (nSPS) is 15.4. The van der Waals surface area contributed by atoms with E-state index in [1.165, 1.54) is 0 Å². The molecule has 0 spiro atoms. The molecule has 1 fully saturated rings. The van der Waals surface area contributed by atoms with E-state index in [1.807, 2.05) is 79.7 Å². The van der Waals surface area contributed by atoms with Crippen LogP contribution in [0.3, 0.4) is 0 Å². The zero-order chi connectivity index (χ0) is 27.2. The van der Waals surface area contributed by atoms with E-state index in [0.717, 1.165) is 29.5 Å². The molecule has 1 amide bonds. The first-order valence-corrected chi connectivity index (χ1v) is 14.9. The first-order valence-electron chi connectivity index (χ1n) is 13.2. The Morgan fingerprint density at radius 2 is 1.69 bits per heavy atom. The van der Waals surface area contributed by atoms with E-state index in [9.17, 15) is 13.2 Å². The molecule has 39 heavy (non-hydrogen) atoms. The fraction of sp³-hybridized carbons (Fsp3) is 0.290. The quantitative estimate of drug-likeness (QED) is 0.280. The van der Waals surface area contributed by atoms with Gasteiger partial charge in [0, 0.05) is 18.7 Å². The van der Waals surface area contributed by atoms with Crippen molar-refractivity contribution in [1.82, 2.24) is 14.5 Å². The molecule has 0 saturated carbocycles. The predicted molar refractivity (Wildman–Crippen MR) is 150 cm³/mol. The summed E-state index contributed by atoms with van der Waals surface area (Å²) < 4.78 is 35.0. The van der Waals surface area contributed by atoms with Crippen LogP contribution in [0.15, 0.2) is 96.3 Å². The summed E-state index contributed by atoms with van der Waals surface area (Å²) in [7, 11) is -3.77. The number of hydrogen-bond acceptors (Lipinski definition) is 5. The standard InChI is InChI=1S/C31H33N3O4S/c1-24-11-8-9-16-27(24)23-39(36,37)31-32-19-28(34(31)20-25-12-4-2-5-13-25)21-33(22-29-17-10-18-38-29)30(35)26-14-6-3-7-15-26/h2-9,11-16,19,29H,10,17-18,20-23H2,1H3/t29-/m0/s1. The zero-order valence-electron chi connectivity index (χ0n) is 22.1. The van der Waals surface area contributed by atoms with Crippen LogP contribution in [0.1, 0.15) is 45.6 Å². The van der Waals surface area contributed by atoms with Crippen molar-refractivity contribution in [3.8, 4) is 0 Å². The van der Waals surface area contributed by atoms with Gasteiger partial charge in [0.15, 0.2) is 0 Å². The number of ether oxygens (including phenoxy) is 1. The SMILES string of the molecule is Cc1ccccc1CS(=O)(=O)c1ncc(CN(C[C@@H]2CCCO2)C(=O)c2ccccc2)n1Cc1ccccc1. The maximum atomic E-state index is 13.7. The third-order valence-corrected chi connectivity index (χ3v) is 8.65. The highest BCUT2D eigenvalue weighted by molar-refractivity contribution is 7.90. The van der Waals surface area contributed by atoms with Crippen molar-refractivity contribution in [1.29, 1.82) is 0 Å². The Labute approximate surface area is 230 Å². The minimum absolute atomic E-state index is 0.00818. The van der Waals surface area contributed by atoms with Gasteiger partial charge in [0.2, 0.25) is 15.0 Å². The van der Waals surface area contributed by atoms with E-state index in [0.29, 0.717) is 31.0 Å². The van der Waals surface area contributed by atoms with Gasteiger partial charge in [-0.25, -0.2) is 13.4 Å². The van der Waals surface area contributed by atoms with Crippen LogP contribution in [0.25, 0.3) is 0 Å². The zero-order valence-corrected chi connectivity index (χ0v) is 22.9. The molecule has 0 N–H and O–H groups in total. The summed E-state index contributed by atoms with van der Waals surface area (Å²) in [5.74, 6) is -0.268. The van der Waals surface area contributed by atoms with Gasteiger partial charge in [-0.05, 0) is 48.6 Å². The molecule has 1 aliphatic heterocycles. The maximum Gasteiger partial charge on any atom is 0.254 e. The molecule has 0 unspecified atom stereocenters. The van der Waals surface area contributed by atoms with Gasteiger partial charge in [-0.15, -0.1) is 0 Å². The van der Waals surface area contributed by atoms with Gasteiger partial charge in [-0.3, -0.25) is 4.79 Å². The molecule has 7 nitrogen and oxygen atoms in total. The fourth-order valence-corrected chi connectivity index (χ4v) is 6.55. The first kappa shape index (κ1) is 26.8. The second kappa shape index (κ2) is 12.0. The monoisotopic (exact) mass is 543 g/mol. The Balaban J connectivity index is 1.51. The van der Waals surface area contributed by atoms with Crippen molar-refractivity contribution in [2.45, 2.75) is 49.9 Å². The van der Waals surface area contributed by atoms with Crippen molar-refractivity contribution in [3.05, 3.63) is 119 Å². The lowest BCUT2D eigenvalue weighted by atomic mass is 10.1. The topological polar surface area (TPSA) is 81.5 Å². The van der Waals surface area contributed by atoms with Crippen LogP contribution >= 0.6 is 0 Å². The number of aromatic nitrogens is 2. The van der Waals surface area contributed by atoms with Crippen molar-refractivity contribution in [2.75, 3.05) is 13.2 Å². The van der Waals surface area contributed by atoms with Gasteiger partial charge in [0.25, 0.3) is 5.91 Å². The third kappa shape index (κ3) is 6.46. The minimum atomic E-state index is -3.77. The third-order valence-electron chi connectivity index (χ3n) is 7.08. The summed E-state index contributed by atoms with van der Waals surface area (Å²) in [6.07, 6.45) is 3.39. The molecule has 1 atom stereocenters. The van der Waals surface area contributed by atoms with Crippen molar-refractivity contribution in [2.24, 2.45) is 0 Å². The second-order valence-electron chi connectivity index (χ2n) is 9.98. The number of benzene rings is 3. The molecule has 4 aromatic rings. The molecule has 202 valence electrons. The number of carbonyl (C=O) groups is 1. The molecule has 1 saturated heterocycles. The summed E-state index contributed by atoms with van der Waals surface area (Å²) >= 11 is 0. The van der Waals surface area contributed by atoms with Gasteiger partial charge in [-0.1, -0.05) is 72.8 Å². The van der Waals surface area contributed by atoms with E-state index in [1.54, 1.807) is 27.8 Å². The van der Waals surface area contributed by atoms with Crippen LogP contribution < -0.4 is 0 Å². The molecule has 0 radical (unpaired) electrons. The molecule has 1 aliphatic rings. The summed E-state index contributed by atoms with van der Waals surface area (Å²) in [5.41, 5.74) is 3.84. The molecule has 8 heteroatoms. The Bertz CT molecular complexity index is 1510. The lowest BCUT2D eigenvalue weighted by Crippen LogP contribution is -2.37. The molecule has 0 aliphatic carbocycles. The van der Waals surface area contributed by atoms with E-state index >= 15 is 0 Å². The number of amides is 1. The molecule has 5 rings (SSSR count). The minimum Gasteiger partial charge on any atom is -0.376 e. The van der Waals surface area contributed by atoms with E-state index in [-0.39, 0.29) is 29.5 Å². The van der Waals surface area contributed by atoms with Crippen LogP contribution in [0.4, 0.5) is 0 Å². The molecule has 0 bridgehead atoms. The number of aryl methyl sites for hydroxylation is 1. The van der Waals surface area contributed by atoms with Crippen molar-refractivity contribution < 1.29 is 17.9 Å². The summed E-state index contributed by atoms with van der Waals surface area (Å²) in [4.78, 5) is 19.8. The Kier molecular flexibility index (Phi) is 8.24. The van der Waals surface area contributed by atoms with Crippen LogP contribution in [-0.4, -0.2) is 48.0 Å².